The van der Waals surface area contributed by atoms with Crippen molar-refractivity contribution in [3.05, 3.63) is 45.2 Å². The van der Waals surface area contributed by atoms with E-state index in [1.807, 2.05) is 26.0 Å². The second kappa shape index (κ2) is 7.29. The van der Waals surface area contributed by atoms with Crippen molar-refractivity contribution in [2.24, 2.45) is 0 Å². The number of hydrogen-bond donors (Lipinski definition) is 2. The second-order valence-corrected chi connectivity index (χ2v) is 7.04. The highest BCUT2D eigenvalue weighted by Gasteiger charge is 2.47. The molecule has 1 aromatic carbocycles. The molecule has 2 aromatic rings. The molecule has 1 aliphatic heterocycles. The van der Waals surface area contributed by atoms with Gasteiger partial charge in [0.05, 0.1) is 0 Å². The van der Waals surface area contributed by atoms with Gasteiger partial charge in [0, 0.05) is 29.6 Å². The Bertz CT molecular complexity index is 998. The zero-order valence-electron chi connectivity index (χ0n) is 15.4. The smallest absolute Gasteiger partial charge is 0.350 e. The van der Waals surface area contributed by atoms with Gasteiger partial charge in [-0.05, 0) is 49.9 Å². The molecule has 9 heteroatoms. The first kappa shape index (κ1) is 19.9. The van der Waals surface area contributed by atoms with Crippen LogP contribution in [0.2, 0.25) is 0 Å². The minimum atomic E-state index is -5.02. The lowest BCUT2D eigenvalue weighted by molar-refractivity contribution is -0.186. The van der Waals surface area contributed by atoms with Crippen LogP contribution in [0, 0.1) is 13.8 Å². The molecule has 1 atom stereocenters. The zero-order valence-corrected chi connectivity index (χ0v) is 15.4. The molecule has 2 amide bonds. The van der Waals surface area contributed by atoms with Gasteiger partial charge in [-0.15, -0.1) is 0 Å². The molecule has 1 aliphatic rings. The molecule has 0 radical (unpaired) electrons. The maximum absolute atomic E-state index is 12.7. The van der Waals surface area contributed by atoms with Crippen LogP contribution in [-0.2, 0) is 16.1 Å². The van der Waals surface area contributed by atoms with E-state index in [2.05, 4.69) is 10.3 Å². The molecule has 1 unspecified atom stereocenters. The number of carbonyl (C=O) groups excluding carboxylic acids is 2. The normalized spacial score (nSPS) is 17.2. The van der Waals surface area contributed by atoms with E-state index in [1.54, 1.807) is 6.07 Å². The summed E-state index contributed by atoms with van der Waals surface area (Å²) < 4.78 is 38.1. The largest absolute Gasteiger partial charge is 0.471 e. The average Bonchev–Trinajstić information content (AvgIpc) is 3.07. The number of amides is 2. The topological polar surface area (TPSA) is 82.3 Å². The summed E-state index contributed by atoms with van der Waals surface area (Å²) in [6.45, 7) is 3.55. The lowest BCUT2D eigenvalue weighted by Crippen LogP contribution is -2.50. The first-order valence-electron chi connectivity index (χ1n) is 8.86. The van der Waals surface area contributed by atoms with E-state index in [-0.39, 0.29) is 25.1 Å². The van der Waals surface area contributed by atoms with Gasteiger partial charge in [0.15, 0.2) is 0 Å². The standard InChI is InChI=1S/C19H20F3N3O3/c1-10-6-11(2)13-8-12(16(26)24-14(13)7-10)9-23-17(27)15-4-3-5-25(15)18(28)19(20,21)22/h6-8,15H,3-5,9H2,1-2H3,(H,23,27)(H,24,26). The molecule has 3 rings (SSSR count). The van der Waals surface area contributed by atoms with Crippen molar-refractivity contribution in [1.82, 2.24) is 15.2 Å². The highest BCUT2D eigenvalue weighted by Crippen LogP contribution is 2.26. The fraction of sp³-hybridized carbons (Fsp3) is 0.421. The number of fused-ring (bicyclic) bond motifs is 1. The summed E-state index contributed by atoms with van der Waals surface area (Å²) in [7, 11) is 0. The first-order chi connectivity index (χ1) is 13.1. The highest BCUT2D eigenvalue weighted by molar-refractivity contribution is 5.90. The number of H-pyrrole nitrogens is 1. The molecule has 0 aliphatic carbocycles. The lowest BCUT2D eigenvalue weighted by Gasteiger charge is -2.24. The van der Waals surface area contributed by atoms with Crippen LogP contribution < -0.4 is 10.9 Å². The number of aromatic amines is 1. The number of pyridine rings is 1. The molecule has 150 valence electrons. The summed E-state index contributed by atoms with van der Waals surface area (Å²) in [4.78, 5) is 39.4. The molecule has 0 spiro atoms. The van der Waals surface area contributed by atoms with Crippen LogP contribution in [0.15, 0.2) is 23.0 Å². The van der Waals surface area contributed by atoms with E-state index >= 15 is 0 Å². The Morgan fingerprint density at radius 2 is 1.96 bits per heavy atom. The number of benzene rings is 1. The SMILES string of the molecule is Cc1cc(C)c2cc(CNC(=O)C3CCCN3C(=O)C(F)(F)F)c(=O)[nH]c2c1. The quantitative estimate of drug-likeness (QED) is 0.837. The number of halogens is 3. The van der Waals surface area contributed by atoms with Gasteiger partial charge in [-0.1, -0.05) is 6.07 Å². The van der Waals surface area contributed by atoms with Crippen LogP contribution in [0.1, 0.15) is 29.5 Å². The van der Waals surface area contributed by atoms with Crippen molar-refractivity contribution < 1.29 is 22.8 Å². The number of aryl methyl sites for hydroxylation is 2. The van der Waals surface area contributed by atoms with Gasteiger partial charge in [-0.3, -0.25) is 14.4 Å². The number of carbonyl (C=O) groups is 2. The molecular formula is C19H20F3N3O3. The number of rotatable bonds is 3. The van der Waals surface area contributed by atoms with Crippen LogP contribution in [-0.4, -0.2) is 40.5 Å². The number of likely N-dealkylation sites (tertiary alicyclic amines) is 1. The Labute approximate surface area is 158 Å². The molecule has 0 saturated carbocycles. The van der Waals surface area contributed by atoms with Gasteiger partial charge in [0.2, 0.25) is 5.91 Å². The average molecular weight is 395 g/mol. The van der Waals surface area contributed by atoms with Crippen molar-refractivity contribution in [1.29, 1.82) is 0 Å². The zero-order chi connectivity index (χ0) is 20.6. The van der Waals surface area contributed by atoms with Crippen molar-refractivity contribution in [3.8, 4) is 0 Å². The molecule has 0 bridgehead atoms. The van der Waals surface area contributed by atoms with Crippen LogP contribution in [0.4, 0.5) is 13.2 Å². The highest BCUT2D eigenvalue weighted by atomic mass is 19.4. The Morgan fingerprint density at radius 1 is 1.25 bits per heavy atom. The number of nitrogens with zero attached hydrogens (tertiary/aromatic N) is 1. The summed E-state index contributed by atoms with van der Waals surface area (Å²) in [5.74, 6) is -2.71. The van der Waals surface area contributed by atoms with E-state index in [0.29, 0.717) is 22.4 Å². The van der Waals surface area contributed by atoms with Gasteiger partial charge in [0.1, 0.15) is 6.04 Å². The van der Waals surface area contributed by atoms with Crippen molar-refractivity contribution >= 4 is 22.7 Å². The van der Waals surface area contributed by atoms with Gasteiger partial charge in [-0.25, -0.2) is 0 Å². The van der Waals surface area contributed by atoms with Crippen molar-refractivity contribution in [2.45, 2.75) is 45.5 Å². The van der Waals surface area contributed by atoms with E-state index in [9.17, 15) is 27.6 Å². The third kappa shape index (κ3) is 3.88. The van der Waals surface area contributed by atoms with E-state index in [1.165, 1.54) is 0 Å². The third-order valence-electron chi connectivity index (χ3n) is 4.90. The minimum Gasteiger partial charge on any atom is -0.350 e. The fourth-order valence-electron chi connectivity index (χ4n) is 3.59. The number of nitrogens with one attached hydrogen (secondary N) is 2. The van der Waals surface area contributed by atoms with Gasteiger partial charge >= 0.3 is 12.1 Å². The minimum absolute atomic E-state index is 0.120. The van der Waals surface area contributed by atoms with Crippen LogP contribution in [0.5, 0.6) is 0 Å². The Kier molecular flexibility index (Phi) is 5.18. The van der Waals surface area contributed by atoms with Crippen LogP contribution in [0.3, 0.4) is 0 Å². The van der Waals surface area contributed by atoms with Crippen molar-refractivity contribution in [3.63, 3.8) is 0 Å². The molecule has 6 nitrogen and oxygen atoms in total. The number of hydrogen-bond acceptors (Lipinski definition) is 3. The molecular weight excluding hydrogens is 375 g/mol. The molecule has 28 heavy (non-hydrogen) atoms. The summed E-state index contributed by atoms with van der Waals surface area (Å²) in [6, 6.07) is 4.28. The molecule has 2 heterocycles. The summed E-state index contributed by atoms with van der Waals surface area (Å²) in [6.07, 6.45) is -4.55. The summed E-state index contributed by atoms with van der Waals surface area (Å²) in [5.41, 5.74) is 2.54. The molecule has 1 saturated heterocycles. The molecule has 1 aromatic heterocycles. The van der Waals surface area contributed by atoms with Crippen LogP contribution >= 0.6 is 0 Å². The van der Waals surface area contributed by atoms with Crippen molar-refractivity contribution in [2.75, 3.05) is 6.54 Å². The molecule has 2 N–H and O–H groups in total. The van der Waals surface area contributed by atoms with Gasteiger partial charge < -0.3 is 15.2 Å². The van der Waals surface area contributed by atoms with E-state index < -0.39 is 24.0 Å². The number of aromatic nitrogens is 1. The predicted octanol–water partition coefficient (Wildman–Crippen LogP) is 2.31. The number of alkyl halides is 3. The van der Waals surface area contributed by atoms with E-state index in [4.69, 9.17) is 0 Å². The predicted molar refractivity (Wildman–Crippen MR) is 96.7 cm³/mol. The van der Waals surface area contributed by atoms with E-state index in [0.717, 1.165) is 16.5 Å². The second-order valence-electron chi connectivity index (χ2n) is 7.04. The fourth-order valence-corrected chi connectivity index (χ4v) is 3.59. The summed E-state index contributed by atoms with van der Waals surface area (Å²) >= 11 is 0. The molecule has 1 fully saturated rings. The Balaban J connectivity index is 1.76. The Hall–Kier alpha value is -2.84. The maximum atomic E-state index is 12.7. The van der Waals surface area contributed by atoms with Gasteiger partial charge in [0.25, 0.3) is 5.56 Å². The monoisotopic (exact) mass is 395 g/mol. The van der Waals surface area contributed by atoms with Gasteiger partial charge in [-0.2, -0.15) is 13.2 Å². The maximum Gasteiger partial charge on any atom is 0.471 e. The summed E-state index contributed by atoms with van der Waals surface area (Å²) in [5, 5.41) is 3.32. The third-order valence-corrected chi connectivity index (χ3v) is 4.90. The first-order valence-corrected chi connectivity index (χ1v) is 8.86. The van der Waals surface area contributed by atoms with Crippen LogP contribution in [0.25, 0.3) is 10.9 Å². The Morgan fingerprint density at radius 3 is 2.64 bits per heavy atom. The lowest BCUT2D eigenvalue weighted by atomic mass is 10.0.